The molecule has 2 rings (SSSR count). The van der Waals surface area contributed by atoms with Gasteiger partial charge < -0.3 is 9.47 Å². The second-order valence-corrected chi connectivity index (χ2v) is 7.19. The van der Waals surface area contributed by atoms with E-state index in [0.29, 0.717) is 11.5 Å². The Labute approximate surface area is 187 Å². The molecular formula is C26H27F3O3. The molecule has 0 amide bonds. The number of benzene rings is 2. The molecule has 0 radical (unpaired) electrons. The normalized spacial score (nSPS) is 11.1. The molecule has 2 aromatic rings. The Morgan fingerprint density at radius 1 is 0.906 bits per heavy atom. The van der Waals surface area contributed by atoms with Crippen molar-refractivity contribution in [1.29, 1.82) is 0 Å². The van der Waals surface area contributed by atoms with Gasteiger partial charge in [-0.15, -0.1) is 0 Å². The Bertz CT molecular complexity index is 918. The maximum Gasteiger partial charge on any atom is 0.389 e. The average Bonchev–Trinajstić information content (AvgIpc) is 2.76. The molecule has 0 N–H and O–H groups in total. The molecule has 3 nitrogen and oxygen atoms in total. The number of esters is 1. The lowest BCUT2D eigenvalue weighted by Gasteiger charge is -2.08. The van der Waals surface area contributed by atoms with Crippen LogP contribution in [-0.2, 0) is 4.79 Å². The van der Waals surface area contributed by atoms with Crippen LogP contribution >= 0.6 is 0 Å². The van der Waals surface area contributed by atoms with Gasteiger partial charge in [-0.3, -0.25) is 0 Å². The van der Waals surface area contributed by atoms with Crippen molar-refractivity contribution in [3.63, 3.8) is 0 Å². The first-order valence-corrected chi connectivity index (χ1v) is 10.7. The summed E-state index contributed by atoms with van der Waals surface area (Å²) in [6.45, 7) is 2.14. The van der Waals surface area contributed by atoms with E-state index in [1.54, 1.807) is 48.5 Å². The van der Waals surface area contributed by atoms with Crippen LogP contribution in [0.5, 0.6) is 11.5 Å². The zero-order chi connectivity index (χ0) is 23.2. The highest BCUT2D eigenvalue weighted by molar-refractivity contribution is 5.83. The fourth-order valence-corrected chi connectivity index (χ4v) is 2.69. The average molecular weight is 444 g/mol. The summed E-state index contributed by atoms with van der Waals surface area (Å²) in [6.07, 6.45) is 2.40. The number of unbranched alkanes of at least 4 members (excludes halogenated alkanes) is 3. The van der Waals surface area contributed by atoms with E-state index >= 15 is 0 Å². The van der Waals surface area contributed by atoms with Crippen LogP contribution in [0.15, 0.2) is 60.7 Å². The first-order valence-electron chi connectivity index (χ1n) is 10.7. The van der Waals surface area contributed by atoms with Crippen molar-refractivity contribution in [3.8, 4) is 23.3 Å². The molecule has 0 fully saturated rings. The molecule has 0 aliphatic heterocycles. The lowest BCUT2D eigenvalue weighted by molar-refractivity contribution is -0.136. The summed E-state index contributed by atoms with van der Waals surface area (Å²) in [7, 11) is 0. The molecule has 0 saturated heterocycles. The highest BCUT2D eigenvalue weighted by atomic mass is 19.4. The standard InChI is InChI=1S/C26H27F3O3/c1-2-3-4-5-6-8-25(30)32-24-17-13-22(14-18-24)10-9-21-11-15-23(16-12-21)31-20-7-19-26(27,28)29/h6,8,11-18H,2-5,7,19-20H2,1H3. The van der Waals surface area contributed by atoms with Gasteiger partial charge in [0.2, 0.25) is 0 Å². The van der Waals surface area contributed by atoms with E-state index in [4.69, 9.17) is 9.47 Å². The molecular weight excluding hydrogens is 417 g/mol. The number of rotatable bonds is 10. The molecule has 0 unspecified atom stereocenters. The largest absolute Gasteiger partial charge is 0.494 e. The fourth-order valence-electron chi connectivity index (χ4n) is 2.69. The van der Waals surface area contributed by atoms with Crippen molar-refractivity contribution in [3.05, 3.63) is 71.8 Å². The minimum atomic E-state index is -4.16. The summed E-state index contributed by atoms with van der Waals surface area (Å²) in [6, 6.07) is 13.7. The van der Waals surface area contributed by atoms with E-state index in [1.807, 2.05) is 6.08 Å². The van der Waals surface area contributed by atoms with E-state index in [2.05, 4.69) is 18.8 Å². The van der Waals surface area contributed by atoms with Crippen molar-refractivity contribution in [1.82, 2.24) is 0 Å². The summed E-state index contributed by atoms with van der Waals surface area (Å²) >= 11 is 0. The minimum absolute atomic E-state index is 0.0100. The minimum Gasteiger partial charge on any atom is -0.494 e. The molecule has 0 aliphatic rings. The summed E-state index contributed by atoms with van der Waals surface area (Å²) in [5.41, 5.74) is 1.50. The van der Waals surface area contributed by atoms with Crippen LogP contribution in [0.1, 0.15) is 56.6 Å². The Balaban J connectivity index is 1.80. The van der Waals surface area contributed by atoms with Crippen molar-refractivity contribution in [2.24, 2.45) is 0 Å². The SMILES string of the molecule is CCCCCC=CC(=O)Oc1ccc(C#Cc2ccc(OCCCC(F)(F)F)cc2)cc1. The summed E-state index contributed by atoms with van der Waals surface area (Å²) in [5, 5.41) is 0. The van der Waals surface area contributed by atoms with E-state index in [1.165, 1.54) is 6.08 Å². The summed E-state index contributed by atoms with van der Waals surface area (Å²) in [4.78, 5) is 11.8. The van der Waals surface area contributed by atoms with Crippen LogP contribution in [0.25, 0.3) is 0 Å². The van der Waals surface area contributed by atoms with Gasteiger partial charge in [-0.05, 0) is 67.8 Å². The van der Waals surface area contributed by atoms with E-state index in [0.717, 1.165) is 36.8 Å². The van der Waals surface area contributed by atoms with Crippen molar-refractivity contribution in [2.45, 2.75) is 51.6 Å². The van der Waals surface area contributed by atoms with Gasteiger partial charge in [-0.25, -0.2) is 4.79 Å². The van der Waals surface area contributed by atoms with Gasteiger partial charge in [0.1, 0.15) is 11.5 Å². The van der Waals surface area contributed by atoms with Crippen LogP contribution in [0.4, 0.5) is 13.2 Å². The molecule has 0 aromatic heterocycles. The Hall–Kier alpha value is -3.20. The van der Waals surface area contributed by atoms with Gasteiger partial charge in [-0.1, -0.05) is 37.7 Å². The number of hydrogen-bond acceptors (Lipinski definition) is 3. The number of ether oxygens (including phenoxy) is 2. The second kappa shape index (κ2) is 13.3. The Morgan fingerprint density at radius 2 is 1.50 bits per heavy atom. The first kappa shape index (κ1) is 25.1. The Morgan fingerprint density at radius 3 is 2.06 bits per heavy atom. The van der Waals surface area contributed by atoms with E-state index in [9.17, 15) is 18.0 Å². The van der Waals surface area contributed by atoms with Gasteiger partial charge in [0.05, 0.1) is 6.61 Å². The number of hydrogen-bond donors (Lipinski definition) is 0. The van der Waals surface area contributed by atoms with Gasteiger partial charge in [0.15, 0.2) is 0 Å². The predicted octanol–water partition coefficient (Wildman–Crippen LogP) is 6.85. The van der Waals surface area contributed by atoms with Gasteiger partial charge in [0.25, 0.3) is 0 Å². The Kier molecular flexibility index (Phi) is 10.4. The quantitative estimate of drug-likeness (QED) is 0.132. The first-order chi connectivity index (χ1) is 15.4. The topological polar surface area (TPSA) is 35.5 Å². The maximum absolute atomic E-state index is 12.1. The number of carbonyl (C=O) groups is 1. The van der Waals surface area contributed by atoms with Gasteiger partial charge >= 0.3 is 12.1 Å². The number of carbonyl (C=O) groups excluding carboxylic acids is 1. The van der Waals surface area contributed by atoms with Gasteiger partial charge in [-0.2, -0.15) is 13.2 Å². The van der Waals surface area contributed by atoms with E-state index in [-0.39, 0.29) is 13.0 Å². The maximum atomic E-state index is 12.1. The van der Waals surface area contributed by atoms with Crippen molar-refractivity contribution >= 4 is 5.97 Å². The molecule has 0 spiro atoms. The molecule has 2 aromatic carbocycles. The lowest BCUT2D eigenvalue weighted by atomic mass is 10.1. The fraction of sp³-hybridized carbons (Fsp3) is 0.346. The number of allylic oxidation sites excluding steroid dienone is 1. The third-order valence-electron chi connectivity index (χ3n) is 4.38. The molecule has 0 saturated carbocycles. The van der Waals surface area contributed by atoms with Crippen molar-refractivity contribution < 1.29 is 27.4 Å². The smallest absolute Gasteiger partial charge is 0.389 e. The second-order valence-electron chi connectivity index (χ2n) is 7.19. The molecule has 170 valence electrons. The highest BCUT2D eigenvalue weighted by Gasteiger charge is 2.26. The van der Waals surface area contributed by atoms with Crippen LogP contribution in [-0.4, -0.2) is 18.8 Å². The van der Waals surface area contributed by atoms with Crippen LogP contribution in [0, 0.1) is 11.8 Å². The summed E-state index contributed by atoms with van der Waals surface area (Å²) < 4.78 is 46.9. The highest BCUT2D eigenvalue weighted by Crippen LogP contribution is 2.21. The third-order valence-corrected chi connectivity index (χ3v) is 4.38. The van der Waals surface area contributed by atoms with Crippen molar-refractivity contribution in [2.75, 3.05) is 6.61 Å². The molecule has 0 heterocycles. The van der Waals surface area contributed by atoms with Gasteiger partial charge in [0, 0.05) is 23.6 Å². The molecule has 32 heavy (non-hydrogen) atoms. The molecule has 0 aliphatic carbocycles. The zero-order valence-corrected chi connectivity index (χ0v) is 18.1. The van der Waals surface area contributed by atoms with Crippen LogP contribution in [0.3, 0.4) is 0 Å². The predicted molar refractivity (Wildman–Crippen MR) is 119 cm³/mol. The monoisotopic (exact) mass is 444 g/mol. The zero-order valence-electron chi connectivity index (χ0n) is 18.1. The van der Waals surface area contributed by atoms with Crippen LogP contribution in [0.2, 0.25) is 0 Å². The summed E-state index contributed by atoms with van der Waals surface area (Å²) in [5.74, 6) is 6.57. The molecule has 6 heteroatoms. The van der Waals surface area contributed by atoms with Crippen LogP contribution < -0.4 is 9.47 Å². The number of alkyl halides is 3. The third kappa shape index (κ3) is 10.7. The lowest BCUT2D eigenvalue weighted by Crippen LogP contribution is -2.09. The van der Waals surface area contributed by atoms with E-state index < -0.39 is 18.6 Å². The number of halogens is 3. The molecule has 0 bridgehead atoms. The molecule has 0 atom stereocenters.